The van der Waals surface area contributed by atoms with Crippen molar-refractivity contribution in [1.82, 2.24) is 0 Å². The van der Waals surface area contributed by atoms with Crippen LogP contribution >= 0.6 is 0 Å². The van der Waals surface area contributed by atoms with Crippen molar-refractivity contribution >= 4 is 8.80 Å². The molecule has 0 bridgehead atoms. The molecule has 170 valence electrons. The van der Waals surface area contributed by atoms with Gasteiger partial charge in [-0.1, -0.05) is 152 Å². The average Bonchev–Trinajstić information content (AvgIpc) is 3.11. The molecule has 0 N–H and O–H groups in total. The second kappa shape index (κ2) is 19.6. The van der Waals surface area contributed by atoms with Gasteiger partial charge in [-0.15, -0.1) is 0 Å². The Bertz CT molecular complexity index is 420. The van der Waals surface area contributed by atoms with Crippen molar-refractivity contribution in [2.75, 3.05) is 0 Å². The minimum Gasteiger partial charge on any atom is -0.0929 e. The van der Waals surface area contributed by atoms with Gasteiger partial charge >= 0.3 is 0 Å². The van der Waals surface area contributed by atoms with E-state index < -0.39 is 8.80 Å². The third-order valence-corrected chi connectivity index (χ3v) is 10.1. The molecule has 1 heteroatoms. The van der Waals surface area contributed by atoms with E-state index in [1.807, 2.05) is 5.20 Å². The standard InChI is InChI=1S/C28H54Si/c1-4-7-10-13-16-19-22-27-24-26-29(25-21-18-15-12-9-6-3)28(27)23-20-17-14-11-8-5-2/h24,26,29H,4-23,25H2,1-3H3. The molecule has 0 aliphatic carbocycles. The Morgan fingerprint density at radius 3 is 1.52 bits per heavy atom. The van der Waals surface area contributed by atoms with Crippen LogP contribution in [0.4, 0.5) is 0 Å². The SMILES string of the molecule is CCCCCCCCC1=C(CCCCCCCC)[SiH](CCCCCCCC)C=C1. The van der Waals surface area contributed by atoms with E-state index in [9.17, 15) is 0 Å². The van der Waals surface area contributed by atoms with E-state index in [1.165, 1.54) is 128 Å². The van der Waals surface area contributed by atoms with Crippen LogP contribution in [0.2, 0.25) is 6.04 Å². The molecule has 0 nitrogen and oxygen atoms in total. The van der Waals surface area contributed by atoms with Gasteiger partial charge in [0.05, 0.1) is 8.80 Å². The van der Waals surface area contributed by atoms with Gasteiger partial charge < -0.3 is 0 Å². The highest BCUT2D eigenvalue weighted by Gasteiger charge is 2.20. The van der Waals surface area contributed by atoms with E-state index in [1.54, 1.807) is 11.6 Å². The van der Waals surface area contributed by atoms with Gasteiger partial charge in [-0.3, -0.25) is 0 Å². The lowest BCUT2D eigenvalue weighted by Gasteiger charge is -2.15. The van der Waals surface area contributed by atoms with Gasteiger partial charge in [-0.05, 0) is 25.7 Å². The molecular formula is C28H54Si. The molecule has 0 radical (unpaired) electrons. The van der Waals surface area contributed by atoms with Crippen LogP contribution in [0.5, 0.6) is 0 Å². The maximum atomic E-state index is 2.71. The lowest BCUT2D eigenvalue weighted by molar-refractivity contribution is 0.602. The number of hydrogen-bond donors (Lipinski definition) is 0. The van der Waals surface area contributed by atoms with Crippen molar-refractivity contribution in [3.63, 3.8) is 0 Å². The van der Waals surface area contributed by atoms with Gasteiger partial charge in [-0.2, -0.15) is 0 Å². The van der Waals surface area contributed by atoms with Crippen LogP contribution in [0.25, 0.3) is 0 Å². The Hall–Kier alpha value is -0.303. The molecule has 1 atom stereocenters. The van der Waals surface area contributed by atoms with Gasteiger partial charge in [-0.25, -0.2) is 0 Å². The predicted molar refractivity (Wildman–Crippen MR) is 137 cm³/mol. The molecule has 1 heterocycles. The Balaban J connectivity index is 2.39. The van der Waals surface area contributed by atoms with Crippen LogP contribution in [0.3, 0.4) is 0 Å². The van der Waals surface area contributed by atoms with Gasteiger partial charge in [0.25, 0.3) is 0 Å². The van der Waals surface area contributed by atoms with Crippen molar-refractivity contribution in [2.45, 2.75) is 155 Å². The second-order valence-corrected chi connectivity index (χ2v) is 12.5. The highest BCUT2D eigenvalue weighted by Crippen LogP contribution is 2.31. The molecule has 29 heavy (non-hydrogen) atoms. The predicted octanol–water partition coefficient (Wildman–Crippen LogP) is 10.0. The minimum atomic E-state index is -0.748. The van der Waals surface area contributed by atoms with Crippen LogP contribution in [-0.4, -0.2) is 8.80 Å². The molecule has 0 spiro atoms. The van der Waals surface area contributed by atoms with E-state index in [2.05, 4.69) is 32.5 Å². The van der Waals surface area contributed by atoms with Gasteiger partial charge in [0.15, 0.2) is 0 Å². The molecule has 0 fully saturated rings. The Kier molecular flexibility index (Phi) is 18.1. The first-order valence-corrected chi connectivity index (χ1v) is 15.8. The minimum absolute atomic E-state index is 0.748. The number of rotatable bonds is 21. The smallest absolute Gasteiger partial charge is 0.0892 e. The topological polar surface area (TPSA) is 0 Å². The molecule has 1 unspecified atom stereocenters. The third-order valence-electron chi connectivity index (χ3n) is 6.86. The summed E-state index contributed by atoms with van der Waals surface area (Å²) in [5.41, 5.74) is 4.52. The summed E-state index contributed by atoms with van der Waals surface area (Å²) in [6.07, 6.45) is 31.3. The van der Waals surface area contributed by atoms with Gasteiger partial charge in [0, 0.05) is 0 Å². The molecule has 0 amide bonds. The maximum Gasteiger partial charge on any atom is 0.0892 e. The fourth-order valence-corrected chi connectivity index (χ4v) is 8.15. The van der Waals surface area contributed by atoms with Crippen LogP contribution in [-0.2, 0) is 0 Å². The quantitative estimate of drug-likeness (QED) is 0.128. The van der Waals surface area contributed by atoms with E-state index in [4.69, 9.17) is 0 Å². The zero-order valence-corrected chi connectivity index (χ0v) is 21.7. The molecule has 0 aromatic rings. The first kappa shape index (κ1) is 26.7. The third kappa shape index (κ3) is 13.6. The lowest BCUT2D eigenvalue weighted by Crippen LogP contribution is -2.12. The number of unbranched alkanes of at least 4 members (excludes halogenated alkanes) is 15. The normalized spacial score (nSPS) is 16.3. The van der Waals surface area contributed by atoms with E-state index in [0.29, 0.717) is 0 Å². The molecule has 1 aliphatic rings. The molecule has 1 rings (SSSR count). The summed E-state index contributed by atoms with van der Waals surface area (Å²) in [6, 6.07) is 1.55. The average molecular weight is 419 g/mol. The second-order valence-electron chi connectivity index (χ2n) is 9.61. The molecule has 0 aromatic carbocycles. The van der Waals surface area contributed by atoms with Crippen molar-refractivity contribution in [1.29, 1.82) is 0 Å². The summed E-state index contributed by atoms with van der Waals surface area (Å²) in [5, 5.41) is 1.99. The van der Waals surface area contributed by atoms with Crippen LogP contribution < -0.4 is 0 Å². The van der Waals surface area contributed by atoms with Crippen LogP contribution in [0, 0.1) is 0 Å². The Labute approximate surface area is 186 Å². The maximum absolute atomic E-state index is 2.71. The van der Waals surface area contributed by atoms with E-state index in [-0.39, 0.29) is 0 Å². The molecular weight excluding hydrogens is 364 g/mol. The summed E-state index contributed by atoms with van der Waals surface area (Å²) in [7, 11) is -0.748. The van der Waals surface area contributed by atoms with Gasteiger partial charge in [0.2, 0.25) is 0 Å². The summed E-state index contributed by atoms with van der Waals surface area (Å²) in [5.74, 6) is 0. The summed E-state index contributed by atoms with van der Waals surface area (Å²) >= 11 is 0. The zero-order chi connectivity index (χ0) is 21.0. The summed E-state index contributed by atoms with van der Waals surface area (Å²) in [4.78, 5) is 0. The molecule has 1 aliphatic heterocycles. The van der Waals surface area contributed by atoms with Gasteiger partial charge in [0.1, 0.15) is 0 Å². The lowest BCUT2D eigenvalue weighted by atomic mass is 10.0. The van der Waals surface area contributed by atoms with E-state index >= 15 is 0 Å². The van der Waals surface area contributed by atoms with Crippen molar-refractivity contribution in [3.8, 4) is 0 Å². The fourth-order valence-electron chi connectivity index (χ4n) is 4.89. The Morgan fingerprint density at radius 1 is 0.517 bits per heavy atom. The first-order chi connectivity index (χ1) is 14.3. The molecule has 0 saturated carbocycles. The highest BCUT2D eigenvalue weighted by molar-refractivity contribution is 6.73. The van der Waals surface area contributed by atoms with Crippen molar-refractivity contribution in [3.05, 3.63) is 22.5 Å². The van der Waals surface area contributed by atoms with E-state index in [0.717, 1.165) is 0 Å². The highest BCUT2D eigenvalue weighted by atomic mass is 28.3. The Morgan fingerprint density at radius 2 is 0.966 bits per heavy atom. The summed E-state index contributed by atoms with van der Waals surface area (Å²) in [6.45, 7) is 6.96. The number of hydrogen-bond acceptors (Lipinski definition) is 0. The van der Waals surface area contributed by atoms with Crippen LogP contribution in [0.15, 0.2) is 22.5 Å². The molecule has 0 aromatic heterocycles. The van der Waals surface area contributed by atoms with Crippen LogP contribution in [0.1, 0.15) is 149 Å². The fraction of sp³-hybridized carbons (Fsp3) is 0.857. The monoisotopic (exact) mass is 418 g/mol. The molecule has 0 saturated heterocycles. The zero-order valence-electron chi connectivity index (χ0n) is 20.6. The van der Waals surface area contributed by atoms with Crippen molar-refractivity contribution in [2.24, 2.45) is 0 Å². The summed E-state index contributed by atoms with van der Waals surface area (Å²) < 4.78 is 0. The largest absolute Gasteiger partial charge is 0.0929 e. The van der Waals surface area contributed by atoms with Crippen molar-refractivity contribution < 1.29 is 0 Å². The number of allylic oxidation sites excluding steroid dienone is 3. The first-order valence-electron chi connectivity index (χ1n) is 13.7.